The van der Waals surface area contributed by atoms with Gasteiger partial charge in [0.25, 0.3) is 0 Å². The van der Waals surface area contributed by atoms with Gasteiger partial charge >= 0.3 is 12.1 Å². The van der Waals surface area contributed by atoms with Crippen LogP contribution < -0.4 is 5.32 Å². The normalized spacial score (nSPS) is 22.2. The maximum absolute atomic E-state index is 11.4. The number of amides is 1. The van der Waals surface area contributed by atoms with E-state index in [0.717, 1.165) is 19.3 Å². The number of rotatable bonds is 7. The molecule has 0 aromatic heterocycles. The summed E-state index contributed by atoms with van der Waals surface area (Å²) in [5, 5.41) is 2.44. The van der Waals surface area contributed by atoms with Gasteiger partial charge in [-0.05, 0) is 26.2 Å². The Hall–Kier alpha value is -0.0100. The Morgan fingerprint density at radius 1 is 1.42 bits per heavy atom. The van der Waals surface area contributed by atoms with Crippen molar-refractivity contribution >= 4 is 46.3 Å². The van der Waals surface area contributed by atoms with Crippen molar-refractivity contribution in [3.8, 4) is 0 Å². The van der Waals surface area contributed by atoms with Gasteiger partial charge in [0.2, 0.25) is 0 Å². The van der Waals surface area contributed by atoms with Crippen LogP contribution in [0.4, 0.5) is 4.79 Å². The molecule has 1 heterocycles. The Labute approximate surface area is 128 Å². The van der Waals surface area contributed by atoms with Gasteiger partial charge in [-0.1, -0.05) is 28.0 Å². The molecule has 1 saturated heterocycles. The van der Waals surface area contributed by atoms with E-state index in [-0.39, 0.29) is 0 Å². The molecule has 0 bridgehead atoms. The van der Waals surface area contributed by atoms with E-state index in [2.05, 4.69) is 29.6 Å². The molecule has 0 unspecified atom stereocenters. The van der Waals surface area contributed by atoms with E-state index >= 15 is 0 Å². The summed E-state index contributed by atoms with van der Waals surface area (Å²) in [5.41, 5.74) is 0. The summed E-state index contributed by atoms with van der Waals surface area (Å²) < 4.78 is 4.98. The first-order chi connectivity index (χ1) is 9.06. The van der Waals surface area contributed by atoms with Crippen LogP contribution in [0.25, 0.3) is 0 Å². The van der Waals surface area contributed by atoms with Gasteiger partial charge in [0.1, 0.15) is 0 Å². The molecule has 0 saturated carbocycles. The summed E-state index contributed by atoms with van der Waals surface area (Å²) in [6.07, 6.45) is 3.76. The van der Waals surface area contributed by atoms with Crippen LogP contribution in [0.1, 0.15) is 39.0 Å². The molecule has 1 fully saturated rings. The number of thiol groups is 1. The van der Waals surface area contributed by atoms with Gasteiger partial charge in [0.05, 0.1) is 0 Å². The largest absolute Gasteiger partial charge is 0.414 e. The number of unbranched alkanes of at least 4 members (excludes halogenated alkanes) is 1. The van der Waals surface area contributed by atoms with Crippen LogP contribution in [-0.2, 0) is 9.53 Å². The Bertz CT molecular complexity index is 307. The van der Waals surface area contributed by atoms with E-state index in [1.54, 1.807) is 0 Å². The summed E-state index contributed by atoms with van der Waals surface area (Å²) in [5.74, 6) is 1.29. The minimum absolute atomic E-state index is 0.308. The van der Waals surface area contributed by atoms with E-state index in [1.165, 1.54) is 12.2 Å². The van der Waals surface area contributed by atoms with Crippen molar-refractivity contribution in [3.05, 3.63) is 0 Å². The molecule has 1 atom stereocenters. The number of nitrogens with one attached hydrogen (secondary N) is 1. The van der Waals surface area contributed by atoms with Crippen LogP contribution in [0.2, 0.25) is 0 Å². The maximum Gasteiger partial charge on any atom is 0.414 e. The molecule has 4 nitrogen and oxygen atoms in total. The number of alkyl carbamates (subject to hydrolysis) is 1. The minimum atomic E-state index is -0.672. The average molecular weight is 324 g/mol. The number of esters is 1. The number of ether oxygens (including phenoxy) is 1. The molecule has 0 aromatic rings. The topological polar surface area (TPSA) is 55.4 Å². The van der Waals surface area contributed by atoms with E-state index in [9.17, 15) is 9.59 Å². The van der Waals surface area contributed by atoms with Crippen LogP contribution in [0.5, 0.6) is 0 Å². The smallest absolute Gasteiger partial charge is 0.376 e. The molecule has 1 N–H and O–H groups in total. The van der Waals surface area contributed by atoms with Crippen molar-refractivity contribution in [3.63, 3.8) is 0 Å². The summed E-state index contributed by atoms with van der Waals surface area (Å²) >= 11 is 3.95. The van der Waals surface area contributed by atoms with Crippen molar-refractivity contribution in [1.29, 1.82) is 0 Å². The first-order valence-electron chi connectivity index (χ1n) is 6.46. The SMILES string of the molecule is C[C@@]1(CCCCC(=O)OC(=O)NCCS)CCSS1. The Kier molecular flexibility index (Phi) is 8.09. The lowest BCUT2D eigenvalue weighted by molar-refractivity contribution is -0.137. The second kappa shape index (κ2) is 9.02. The Balaban J connectivity index is 2.05. The molecule has 0 aliphatic carbocycles. The summed E-state index contributed by atoms with van der Waals surface area (Å²) in [6, 6.07) is 0. The average Bonchev–Trinajstić information content (AvgIpc) is 2.79. The monoisotopic (exact) mass is 323 g/mol. The number of carbonyl (C=O) groups is 2. The summed E-state index contributed by atoms with van der Waals surface area (Å²) in [7, 11) is 3.88. The van der Waals surface area contributed by atoms with Gasteiger partial charge in [-0.15, -0.1) is 0 Å². The van der Waals surface area contributed by atoms with Crippen LogP contribution >= 0.6 is 34.2 Å². The van der Waals surface area contributed by atoms with Gasteiger partial charge in [0, 0.05) is 29.2 Å². The van der Waals surface area contributed by atoms with Gasteiger partial charge in [-0.25, -0.2) is 4.79 Å². The maximum atomic E-state index is 11.4. The highest BCUT2D eigenvalue weighted by molar-refractivity contribution is 8.77. The summed E-state index contributed by atoms with van der Waals surface area (Å²) in [4.78, 5) is 22.5. The lowest BCUT2D eigenvalue weighted by Gasteiger charge is -2.20. The lowest BCUT2D eigenvalue weighted by Crippen LogP contribution is -2.28. The molecule has 1 amide bonds. The third-order valence-corrected chi connectivity index (χ3v) is 6.48. The predicted molar refractivity (Wildman–Crippen MR) is 84.9 cm³/mol. The van der Waals surface area contributed by atoms with E-state index in [0.29, 0.717) is 23.5 Å². The van der Waals surface area contributed by atoms with Crippen LogP contribution in [-0.4, -0.2) is 34.9 Å². The van der Waals surface area contributed by atoms with Crippen molar-refractivity contribution in [2.24, 2.45) is 0 Å². The van der Waals surface area contributed by atoms with Crippen LogP contribution in [0.15, 0.2) is 0 Å². The van der Waals surface area contributed by atoms with E-state index < -0.39 is 12.1 Å². The highest BCUT2D eigenvalue weighted by Gasteiger charge is 2.29. The fraction of sp³-hybridized carbons (Fsp3) is 0.833. The molecule has 110 valence electrons. The molecular weight excluding hydrogens is 302 g/mol. The van der Waals surface area contributed by atoms with Crippen LogP contribution in [0.3, 0.4) is 0 Å². The number of hydrogen-bond acceptors (Lipinski definition) is 6. The highest BCUT2D eigenvalue weighted by Crippen LogP contribution is 2.49. The number of hydrogen-bond donors (Lipinski definition) is 2. The van der Waals surface area contributed by atoms with Gasteiger partial charge in [0.15, 0.2) is 0 Å². The Morgan fingerprint density at radius 3 is 2.84 bits per heavy atom. The molecule has 7 heteroatoms. The van der Waals surface area contributed by atoms with E-state index in [4.69, 9.17) is 0 Å². The highest BCUT2D eigenvalue weighted by atomic mass is 33.1. The molecule has 1 aliphatic heterocycles. The second-order valence-corrected chi connectivity index (χ2v) is 8.17. The van der Waals surface area contributed by atoms with Crippen LogP contribution in [0, 0.1) is 0 Å². The molecule has 0 spiro atoms. The van der Waals surface area contributed by atoms with Crippen molar-refractivity contribution in [1.82, 2.24) is 5.32 Å². The van der Waals surface area contributed by atoms with Gasteiger partial charge < -0.3 is 10.1 Å². The molecule has 19 heavy (non-hydrogen) atoms. The second-order valence-electron chi connectivity index (χ2n) is 4.72. The van der Waals surface area contributed by atoms with Crippen molar-refractivity contribution in [2.45, 2.75) is 43.8 Å². The first kappa shape index (κ1) is 17.0. The fourth-order valence-corrected chi connectivity index (χ4v) is 5.18. The zero-order chi connectivity index (χ0) is 14.1. The van der Waals surface area contributed by atoms with Crippen molar-refractivity contribution in [2.75, 3.05) is 18.1 Å². The quantitative estimate of drug-likeness (QED) is 0.248. The predicted octanol–water partition coefficient (Wildman–Crippen LogP) is 3.27. The summed E-state index contributed by atoms with van der Waals surface area (Å²) in [6.45, 7) is 2.68. The number of carbonyl (C=O) groups excluding carboxylic acids is 2. The minimum Gasteiger partial charge on any atom is -0.376 e. The lowest BCUT2D eigenvalue weighted by atomic mass is 9.99. The molecule has 1 aliphatic rings. The zero-order valence-electron chi connectivity index (χ0n) is 11.1. The third-order valence-electron chi connectivity index (χ3n) is 2.90. The molecule has 1 rings (SSSR count). The third kappa shape index (κ3) is 7.37. The first-order valence-corrected chi connectivity index (χ1v) is 9.41. The van der Waals surface area contributed by atoms with E-state index in [1.807, 2.05) is 21.6 Å². The fourth-order valence-electron chi connectivity index (χ4n) is 1.77. The van der Waals surface area contributed by atoms with Crippen molar-refractivity contribution < 1.29 is 14.3 Å². The standard InChI is InChI=1S/C12H21NO3S3/c1-12(6-9-18-19-12)5-3-2-4-10(14)16-11(15)13-7-8-17/h17H,2-9H2,1H3,(H,13,15)/t12-/m1/s1. The Morgan fingerprint density at radius 2 is 2.21 bits per heavy atom. The molecule has 0 aromatic carbocycles. The zero-order valence-corrected chi connectivity index (χ0v) is 13.7. The molecule has 0 radical (unpaired) electrons. The van der Waals surface area contributed by atoms with Gasteiger partial charge in [-0.2, -0.15) is 12.6 Å². The molecular formula is C12H21NO3S3. The van der Waals surface area contributed by atoms with Gasteiger partial charge in [-0.3, -0.25) is 4.79 Å².